The van der Waals surface area contributed by atoms with Crippen LogP contribution in [0.5, 0.6) is 5.75 Å². The van der Waals surface area contributed by atoms with E-state index in [1.165, 1.54) is 18.2 Å². The molecule has 1 aliphatic heterocycles. The molecule has 0 fully saturated rings. The van der Waals surface area contributed by atoms with Crippen LogP contribution in [0.3, 0.4) is 0 Å². The van der Waals surface area contributed by atoms with Crippen molar-refractivity contribution in [3.05, 3.63) is 71.6 Å². The van der Waals surface area contributed by atoms with E-state index in [-0.39, 0.29) is 29.1 Å². The van der Waals surface area contributed by atoms with Crippen LogP contribution in [0.1, 0.15) is 55.2 Å². The van der Waals surface area contributed by atoms with E-state index in [1.54, 1.807) is 36.9 Å². The first kappa shape index (κ1) is 22.8. The molecule has 0 bridgehead atoms. The molecular formula is C25H21F2N5O3. The van der Waals surface area contributed by atoms with Crippen molar-refractivity contribution >= 4 is 11.0 Å². The lowest BCUT2D eigenvalue weighted by Gasteiger charge is -2.20. The summed E-state index contributed by atoms with van der Waals surface area (Å²) in [7, 11) is 0. The zero-order valence-corrected chi connectivity index (χ0v) is 18.9. The average molecular weight is 477 g/mol. The number of rotatable bonds is 5. The second-order valence-corrected chi connectivity index (χ2v) is 8.87. The SMILES string of the molecule is CC(C)(O)c1ncc(-c2ccc3nc4n(c3c2)[C@@H](c2c(C#N)cccc2OC(F)F)CC4O)cn1. The minimum Gasteiger partial charge on any atom is -0.434 e. The number of alkyl halides is 2. The van der Waals surface area contributed by atoms with Gasteiger partial charge in [0.25, 0.3) is 0 Å². The molecule has 0 radical (unpaired) electrons. The van der Waals surface area contributed by atoms with E-state index in [2.05, 4.69) is 15.0 Å². The quantitative estimate of drug-likeness (QED) is 0.442. The predicted molar refractivity (Wildman–Crippen MR) is 122 cm³/mol. The van der Waals surface area contributed by atoms with Crippen molar-refractivity contribution in [1.82, 2.24) is 19.5 Å². The van der Waals surface area contributed by atoms with E-state index in [9.17, 15) is 24.3 Å². The maximum absolute atomic E-state index is 13.1. The Morgan fingerprint density at radius 3 is 2.57 bits per heavy atom. The van der Waals surface area contributed by atoms with Gasteiger partial charge in [0, 0.05) is 29.9 Å². The summed E-state index contributed by atoms with van der Waals surface area (Å²) >= 11 is 0. The van der Waals surface area contributed by atoms with Crippen molar-refractivity contribution in [3.63, 3.8) is 0 Å². The minimum absolute atomic E-state index is 0.113. The summed E-state index contributed by atoms with van der Waals surface area (Å²) in [6.07, 6.45) is 2.42. The van der Waals surface area contributed by atoms with Crippen LogP contribution < -0.4 is 4.74 Å². The molecule has 2 aromatic heterocycles. The first-order chi connectivity index (χ1) is 16.7. The molecule has 4 aromatic rings. The van der Waals surface area contributed by atoms with Gasteiger partial charge >= 0.3 is 6.61 Å². The summed E-state index contributed by atoms with van der Waals surface area (Å²) in [5.74, 6) is 0.555. The molecule has 2 atom stereocenters. The Morgan fingerprint density at radius 2 is 1.91 bits per heavy atom. The number of benzene rings is 2. The summed E-state index contributed by atoms with van der Waals surface area (Å²) in [6.45, 7) is 0.131. The van der Waals surface area contributed by atoms with Gasteiger partial charge in [0.1, 0.15) is 23.3 Å². The van der Waals surface area contributed by atoms with Gasteiger partial charge in [-0.25, -0.2) is 15.0 Å². The fourth-order valence-corrected chi connectivity index (χ4v) is 4.50. The predicted octanol–water partition coefficient (Wildman–Crippen LogP) is 4.22. The molecule has 8 nitrogen and oxygen atoms in total. The number of aliphatic hydroxyl groups excluding tert-OH is 1. The van der Waals surface area contributed by atoms with Crippen LogP contribution in [0, 0.1) is 11.3 Å². The number of aromatic nitrogens is 4. The van der Waals surface area contributed by atoms with E-state index in [1.807, 2.05) is 18.2 Å². The monoisotopic (exact) mass is 477 g/mol. The van der Waals surface area contributed by atoms with Gasteiger partial charge in [-0.05, 0) is 43.7 Å². The summed E-state index contributed by atoms with van der Waals surface area (Å²) < 4.78 is 32.8. The van der Waals surface area contributed by atoms with Crippen molar-refractivity contribution in [2.45, 2.75) is 44.6 Å². The van der Waals surface area contributed by atoms with Gasteiger partial charge in [-0.15, -0.1) is 0 Å². The Kier molecular flexibility index (Phi) is 5.46. The Labute approximate surface area is 199 Å². The number of nitriles is 1. The lowest BCUT2D eigenvalue weighted by molar-refractivity contribution is -0.0507. The van der Waals surface area contributed by atoms with E-state index in [0.717, 1.165) is 5.56 Å². The number of fused-ring (bicyclic) bond motifs is 3. The Hall–Kier alpha value is -3.94. The molecule has 2 aromatic carbocycles. The molecule has 178 valence electrons. The van der Waals surface area contributed by atoms with Crippen molar-refractivity contribution in [2.75, 3.05) is 0 Å². The summed E-state index contributed by atoms with van der Waals surface area (Å²) in [4.78, 5) is 13.1. The van der Waals surface area contributed by atoms with Crippen LogP contribution in [-0.4, -0.2) is 36.3 Å². The van der Waals surface area contributed by atoms with Gasteiger partial charge in [-0.2, -0.15) is 14.0 Å². The molecular weight excluding hydrogens is 456 g/mol. The highest BCUT2D eigenvalue weighted by Crippen LogP contribution is 2.45. The zero-order chi connectivity index (χ0) is 24.9. The highest BCUT2D eigenvalue weighted by Gasteiger charge is 2.37. The number of aliphatic hydroxyl groups is 2. The zero-order valence-electron chi connectivity index (χ0n) is 18.9. The van der Waals surface area contributed by atoms with Crippen LogP contribution >= 0.6 is 0 Å². The molecule has 1 unspecified atom stereocenters. The lowest BCUT2D eigenvalue weighted by atomic mass is 9.97. The van der Waals surface area contributed by atoms with Crippen molar-refractivity contribution in [2.24, 2.45) is 0 Å². The molecule has 0 spiro atoms. The third-order valence-corrected chi connectivity index (χ3v) is 6.04. The number of nitrogens with zero attached hydrogens (tertiary/aromatic N) is 5. The van der Waals surface area contributed by atoms with E-state index in [0.29, 0.717) is 22.4 Å². The fraction of sp³-hybridized carbons (Fsp3) is 0.280. The van der Waals surface area contributed by atoms with Crippen molar-refractivity contribution in [3.8, 4) is 22.9 Å². The Balaban J connectivity index is 1.65. The van der Waals surface area contributed by atoms with Gasteiger partial charge in [0.15, 0.2) is 5.82 Å². The molecule has 1 aliphatic rings. The lowest BCUT2D eigenvalue weighted by Crippen LogP contribution is -2.19. The molecule has 0 aliphatic carbocycles. The Bertz CT molecular complexity index is 1460. The third-order valence-electron chi connectivity index (χ3n) is 6.04. The maximum atomic E-state index is 13.1. The number of hydrogen-bond donors (Lipinski definition) is 2. The second kappa shape index (κ2) is 8.37. The highest BCUT2D eigenvalue weighted by molar-refractivity contribution is 5.83. The fourth-order valence-electron chi connectivity index (χ4n) is 4.50. The normalized spacial score (nSPS) is 17.5. The first-order valence-electron chi connectivity index (χ1n) is 10.9. The molecule has 0 saturated heterocycles. The van der Waals surface area contributed by atoms with Crippen LogP contribution in [0.2, 0.25) is 0 Å². The Morgan fingerprint density at radius 1 is 1.17 bits per heavy atom. The molecule has 5 rings (SSSR count). The largest absolute Gasteiger partial charge is 0.434 e. The van der Waals surface area contributed by atoms with Gasteiger partial charge < -0.3 is 19.5 Å². The van der Waals surface area contributed by atoms with Crippen molar-refractivity contribution < 1.29 is 23.7 Å². The van der Waals surface area contributed by atoms with Crippen LogP contribution in [0.4, 0.5) is 8.78 Å². The average Bonchev–Trinajstić information content (AvgIpc) is 3.35. The van der Waals surface area contributed by atoms with Gasteiger partial charge in [-0.1, -0.05) is 12.1 Å². The number of imidazole rings is 1. The number of ether oxygens (including phenoxy) is 1. The maximum Gasteiger partial charge on any atom is 0.387 e. The van der Waals surface area contributed by atoms with Crippen molar-refractivity contribution in [1.29, 1.82) is 5.26 Å². The van der Waals surface area contributed by atoms with Crippen LogP contribution in [0.15, 0.2) is 48.8 Å². The van der Waals surface area contributed by atoms with Gasteiger partial charge in [0.2, 0.25) is 0 Å². The highest BCUT2D eigenvalue weighted by atomic mass is 19.3. The smallest absolute Gasteiger partial charge is 0.387 e. The summed E-state index contributed by atoms with van der Waals surface area (Å²) in [5, 5.41) is 30.5. The minimum atomic E-state index is -3.06. The molecule has 35 heavy (non-hydrogen) atoms. The molecule has 2 N–H and O–H groups in total. The second-order valence-electron chi connectivity index (χ2n) is 8.87. The molecule has 10 heteroatoms. The number of halogens is 2. The summed E-state index contributed by atoms with van der Waals surface area (Å²) in [6, 6.07) is 11.3. The topological polar surface area (TPSA) is 117 Å². The molecule has 0 saturated carbocycles. The van der Waals surface area contributed by atoms with Gasteiger partial charge in [-0.3, -0.25) is 0 Å². The van der Waals surface area contributed by atoms with Crippen LogP contribution in [0.25, 0.3) is 22.2 Å². The summed E-state index contributed by atoms with van der Waals surface area (Å²) in [5.41, 5.74) is 2.00. The van der Waals surface area contributed by atoms with Gasteiger partial charge in [0.05, 0.1) is 28.7 Å². The molecule has 3 heterocycles. The van der Waals surface area contributed by atoms with Crippen LogP contribution in [-0.2, 0) is 5.60 Å². The van der Waals surface area contributed by atoms with E-state index in [4.69, 9.17) is 4.74 Å². The van der Waals surface area contributed by atoms with E-state index < -0.39 is 24.4 Å². The first-order valence-corrected chi connectivity index (χ1v) is 10.9. The third kappa shape index (κ3) is 3.99. The standard InChI is InChI=1S/C25H21F2N5O3/c1-25(2,34)23-29-11-15(12-30-23)13-6-7-16-17(8-13)32-18(9-19(33)22(32)31-16)21-14(10-28)4-3-5-20(21)35-24(26)27/h3-8,11-12,18-19,24,33-34H,9H2,1-2H3/t18-,19?/m1/s1. The van der Waals surface area contributed by atoms with E-state index >= 15 is 0 Å². The molecule has 0 amide bonds. The number of hydrogen-bond acceptors (Lipinski definition) is 7.